The molecule has 0 aromatic heterocycles. The smallest absolute Gasteiger partial charge is 0.211 e. The summed E-state index contributed by atoms with van der Waals surface area (Å²) in [5, 5.41) is 0. The largest absolute Gasteiger partial charge is 0.381 e. The van der Waals surface area contributed by atoms with Crippen LogP contribution in [0.5, 0.6) is 0 Å². The third-order valence-electron chi connectivity index (χ3n) is 3.04. The second-order valence-corrected chi connectivity index (χ2v) is 6.63. The Hall–Kier alpha value is -0.170. The first-order valence-corrected chi connectivity index (χ1v) is 7.38. The number of rotatable bonds is 6. The van der Waals surface area contributed by atoms with Crippen LogP contribution in [0.1, 0.15) is 26.2 Å². The molecule has 5 nitrogen and oxygen atoms in total. The average molecular weight is 250 g/mol. The van der Waals surface area contributed by atoms with Crippen molar-refractivity contribution in [2.24, 2.45) is 11.1 Å². The fourth-order valence-electron chi connectivity index (χ4n) is 1.67. The van der Waals surface area contributed by atoms with Gasteiger partial charge in [-0.05, 0) is 31.2 Å². The van der Waals surface area contributed by atoms with Gasteiger partial charge in [-0.15, -0.1) is 0 Å². The number of sulfonamides is 1. The van der Waals surface area contributed by atoms with Crippen LogP contribution in [0, 0.1) is 5.41 Å². The molecule has 0 amide bonds. The Labute approximate surface area is 97.8 Å². The Morgan fingerprint density at radius 3 is 2.56 bits per heavy atom. The first-order valence-electron chi connectivity index (χ1n) is 5.73. The summed E-state index contributed by atoms with van der Waals surface area (Å²) < 4.78 is 31.1. The lowest BCUT2D eigenvalue weighted by molar-refractivity contribution is 0.0265. The van der Waals surface area contributed by atoms with Crippen LogP contribution in [-0.4, -0.2) is 40.5 Å². The number of nitrogens with one attached hydrogen (secondary N) is 1. The summed E-state index contributed by atoms with van der Waals surface area (Å²) in [5.74, 6) is 0.121. The molecule has 0 unspecified atom stereocenters. The minimum atomic E-state index is -3.15. The second-order valence-electron chi connectivity index (χ2n) is 4.71. The van der Waals surface area contributed by atoms with Crippen LogP contribution in [0.4, 0.5) is 0 Å². The zero-order valence-corrected chi connectivity index (χ0v) is 10.7. The van der Waals surface area contributed by atoms with E-state index in [0.717, 1.165) is 26.1 Å². The van der Waals surface area contributed by atoms with Crippen LogP contribution in [0.25, 0.3) is 0 Å². The third kappa shape index (κ3) is 4.78. The topological polar surface area (TPSA) is 81.4 Å². The van der Waals surface area contributed by atoms with Crippen LogP contribution in [0.3, 0.4) is 0 Å². The molecule has 1 saturated heterocycles. The SMILES string of the molecule is CC1(CNS(=O)(=O)CCCN)CCOCC1. The Balaban J connectivity index is 2.37. The van der Waals surface area contributed by atoms with Crippen molar-refractivity contribution in [3.05, 3.63) is 0 Å². The molecule has 0 saturated carbocycles. The molecule has 96 valence electrons. The van der Waals surface area contributed by atoms with E-state index in [2.05, 4.69) is 11.6 Å². The summed E-state index contributed by atoms with van der Waals surface area (Å²) >= 11 is 0. The summed E-state index contributed by atoms with van der Waals surface area (Å²) in [6, 6.07) is 0. The summed E-state index contributed by atoms with van der Waals surface area (Å²) in [6.45, 7) is 4.46. The van der Waals surface area contributed by atoms with Gasteiger partial charge in [-0.25, -0.2) is 13.1 Å². The van der Waals surface area contributed by atoms with Crippen molar-refractivity contribution >= 4 is 10.0 Å². The fraction of sp³-hybridized carbons (Fsp3) is 1.00. The molecule has 1 rings (SSSR count). The molecule has 3 N–H and O–H groups in total. The molecule has 0 aromatic rings. The molecule has 1 aliphatic rings. The summed E-state index contributed by atoms with van der Waals surface area (Å²) in [5.41, 5.74) is 5.33. The molecule has 1 fully saturated rings. The van der Waals surface area contributed by atoms with Crippen molar-refractivity contribution in [2.45, 2.75) is 26.2 Å². The van der Waals surface area contributed by atoms with Crippen LogP contribution in [0.15, 0.2) is 0 Å². The number of nitrogens with two attached hydrogens (primary N) is 1. The average Bonchev–Trinajstić information content (AvgIpc) is 2.25. The standard InChI is InChI=1S/C10H22N2O3S/c1-10(3-6-15-7-4-10)9-12-16(13,14)8-2-5-11/h12H,2-9,11H2,1H3. The van der Waals surface area contributed by atoms with Crippen molar-refractivity contribution in [3.63, 3.8) is 0 Å². The van der Waals surface area contributed by atoms with E-state index in [1.165, 1.54) is 0 Å². The first-order chi connectivity index (χ1) is 7.47. The lowest BCUT2D eigenvalue weighted by atomic mass is 9.83. The van der Waals surface area contributed by atoms with Crippen molar-refractivity contribution < 1.29 is 13.2 Å². The fourth-order valence-corrected chi connectivity index (χ4v) is 2.93. The Morgan fingerprint density at radius 1 is 1.38 bits per heavy atom. The highest BCUT2D eigenvalue weighted by molar-refractivity contribution is 7.89. The highest BCUT2D eigenvalue weighted by Crippen LogP contribution is 2.28. The van der Waals surface area contributed by atoms with Crippen molar-refractivity contribution in [2.75, 3.05) is 32.1 Å². The normalized spacial score (nSPS) is 20.9. The lowest BCUT2D eigenvalue weighted by Crippen LogP contribution is -2.40. The van der Waals surface area contributed by atoms with Gasteiger partial charge in [0.05, 0.1) is 5.75 Å². The van der Waals surface area contributed by atoms with Crippen LogP contribution < -0.4 is 10.5 Å². The zero-order valence-electron chi connectivity index (χ0n) is 9.87. The Morgan fingerprint density at radius 2 is 2.00 bits per heavy atom. The lowest BCUT2D eigenvalue weighted by Gasteiger charge is -2.33. The van der Waals surface area contributed by atoms with Gasteiger partial charge in [0, 0.05) is 19.8 Å². The zero-order chi connectivity index (χ0) is 12.1. The number of hydrogen-bond donors (Lipinski definition) is 2. The van der Waals surface area contributed by atoms with Crippen molar-refractivity contribution in [1.82, 2.24) is 4.72 Å². The molecular formula is C10H22N2O3S. The van der Waals surface area contributed by atoms with Crippen molar-refractivity contribution in [3.8, 4) is 0 Å². The molecule has 0 radical (unpaired) electrons. The van der Waals surface area contributed by atoms with E-state index in [1.54, 1.807) is 0 Å². The molecule has 6 heteroatoms. The molecule has 0 aromatic carbocycles. The second kappa shape index (κ2) is 5.95. The summed E-state index contributed by atoms with van der Waals surface area (Å²) in [7, 11) is -3.15. The van der Waals surface area contributed by atoms with E-state index < -0.39 is 10.0 Å². The van der Waals surface area contributed by atoms with E-state index in [1.807, 2.05) is 0 Å². The van der Waals surface area contributed by atoms with Gasteiger partial charge in [-0.2, -0.15) is 0 Å². The third-order valence-corrected chi connectivity index (χ3v) is 4.45. The van der Waals surface area contributed by atoms with Crippen LogP contribution in [0.2, 0.25) is 0 Å². The van der Waals surface area contributed by atoms with Gasteiger partial charge in [-0.3, -0.25) is 0 Å². The molecule has 1 aliphatic heterocycles. The first kappa shape index (κ1) is 13.9. The van der Waals surface area contributed by atoms with Crippen molar-refractivity contribution in [1.29, 1.82) is 0 Å². The van der Waals surface area contributed by atoms with Gasteiger partial charge >= 0.3 is 0 Å². The van der Waals surface area contributed by atoms with E-state index in [4.69, 9.17) is 10.5 Å². The van der Waals surface area contributed by atoms with E-state index in [-0.39, 0.29) is 11.2 Å². The van der Waals surface area contributed by atoms with E-state index in [9.17, 15) is 8.42 Å². The minimum absolute atomic E-state index is 0.0357. The molecule has 0 bridgehead atoms. The minimum Gasteiger partial charge on any atom is -0.381 e. The predicted octanol–water partition coefficient (Wildman–Crippen LogP) is 0.0713. The monoisotopic (exact) mass is 250 g/mol. The maximum absolute atomic E-state index is 11.6. The van der Waals surface area contributed by atoms with Gasteiger partial charge in [0.25, 0.3) is 0 Å². The van der Waals surface area contributed by atoms with Crippen LogP contribution >= 0.6 is 0 Å². The molecule has 1 heterocycles. The van der Waals surface area contributed by atoms with E-state index >= 15 is 0 Å². The summed E-state index contributed by atoms with van der Waals surface area (Å²) in [6.07, 6.45) is 2.33. The molecule has 0 spiro atoms. The highest BCUT2D eigenvalue weighted by atomic mass is 32.2. The molecule has 0 aliphatic carbocycles. The van der Waals surface area contributed by atoms with Gasteiger partial charge in [0.1, 0.15) is 0 Å². The predicted molar refractivity (Wildman–Crippen MR) is 63.6 cm³/mol. The van der Waals surface area contributed by atoms with E-state index in [0.29, 0.717) is 19.5 Å². The quantitative estimate of drug-likeness (QED) is 0.699. The van der Waals surface area contributed by atoms with Gasteiger partial charge in [0.2, 0.25) is 10.0 Å². The number of hydrogen-bond acceptors (Lipinski definition) is 4. The molecule has 0 atom stereocenters. The maximum atomic E-state index is 11.6. The van der Waals surface area contributed by atoms with Gasteiger partial charge in [-0.1, -0.05) is 6.92 Å². The van der Waals surface area contributed by atoms with Gasteiger partial charge in [0.15, 0.2) is 0 Å². The Kier molecular flexibility index (Phi) is 5.17. The molecular weight excluding hydrogens is 228 g/mol. The number of ether oxygens (including phenoxy) is 1. The maximum Gasteiger partial charge on any atom is 0.211 e. The Bertz CT molecular complexity index is 297. The molecule has 16 heavy (non-hydrogen) atoms. The van der Waals surface area contributed by atoms with Crippen LogP contribution in [-0.2, 0) is 14.8 Å². The highest BCUT2D eigenvalue weighted by Gasteiger charge is 2.28. The van der Waals surface area contributed by atoms with Gasteiger partial charge < -0.3 is 10.5 Å². The summed E-state index contributed by atoms with van der Waals surface area (Å²) in [4.78, 5) is 0.